The zero-order valence-corrected chi connectivity index (χ0v) is 17.9. The van der Waals surface area contributed by atoms with Crippen LogP contribution in [0.25, 0.3) is 0 Å². The van der Waals surface area contributed by atoms with Gasteiger partial charge in [0, 0.05) is 43.5 Å². The van der Waals surface area contributed by atoms with Crippen molar-refractivity contribution >= 4 is 17.6 Å². The molecule has 0 saturated carbocycles. The minimum atomic E-state index is -1.26. The van der Waals surface area contributed by atoms with Crippen LogP contribution < -0.4 is 4.90 Å². The van der Waals surface area contributed by atoms with E-state index >= 15 is 0 Å². The first-order chi connectivity index (χ1) is 14.7. The molecule has 7 heteroatoms. The van der Waals surface area contributed by atoms with E-state index < -0.39 is 11.9 Å². The Bertz CT molecular complexity index is 857. The fourth-order valence-corrected chi connectivity index (χ4v) is 3.47. The lowest BCUT2D eigenvalue weighted by Gasteiger charge is -2.38. The van der Waals surface area contributed by atoms with E-state index in [-0.39, 0.29) is 5.82 Å². The second-order valence-electron chi connectivity index (χ2n) is 7.61. The van der Waals surface area contributed by atoms with Gasteiger partial charge in [-0.3, -0.25) is 4.90 Å². The number of aliphatic carboxylic acids is 2. The number of carboxylic acid groups (broad SMARTS) is 2. The fourth-order valence-electron chi connectivity index (χ4n) is 3.47. The van der Waals surface area contributed by atoms with Gasteiger partial charge in [-0.1, -0.05) is 29.8 Å². The van der Waals surface area contributed by atoms with Gasteiger partial charge >= 0.3 is 11.9 Å². The molecule has 1 heterocycles. The smallest absolute Gasteiger partial charge is 0.328 e. The van der Waals surface area contributed by atoms with E-state index in [4.69, 9.17) is 10.2 Å². The van der Waals surface area contributed by atoms with Crippen LogP contribution in [0.4, 0.5) is 10.1 Å². The minimum Gasteiger partial charge on any atom is -0.478 e. The van der Waals surface area contributed by atoms with Gasteiger partial charge in [0.05, 0.1) is 0 Å². The molecule has 1 aliphatic heterocycles. The predicted molar refractivity (Wildman–Crippen MR) is 119 cm³/mol. The lowest BCUT2D eigenvalue weighted by Crippen LogP contribution is -2.43. The Hall–Kier alpha value is -3.19. The Morgan fingerprint density at radius 2 is 1.52 bits per heavy atom. The van der Waals surface area contributed by atoms with Gasteiger partial charge in [0.15, 0.2) is 0 Å². The second-order valence-corrected chi connectivity index (χ2v) is 7.61. The number of halogens is 1. The number of carboxylic acids is 2. The molecule has 1 saturated heterocycles. The summed E-state index contributed by atoms with van der Waals surface area (Å²) < 4.78 is 13.0. The van der Waals surface area contributed by atoms with Crippen molar-refractivity contribution in [2.24, 2.45) is 0 Å². The van der Waals surface area contributed by atoms with E-state index in [1.54, 1.807) is 12.1 Å². The normalized spacial score (nSPS) is 14.4. The SMILES string of the molecule is Cc1ccc(N2CCC(N(C)Cc3ccc(F)cc3)CC2)cc1.O=C(O)/C=C/C(=O)O. The molecule has 2 aromatic carbocycles. The molecule has 0 aliphatic carbocycles. The largest absolute Gasteiger partial charge is 0.478 e. The van der Waals surface area contributed by atoms with Crippen LogP contribution in [0, 0.1) is 12.7 Å². The molecule has 0 bridgehead atoms. The summed E-state index contributed by atoms with van der Waals surface area (Å²) in [5.74, 6) is -2.68. The van der Waals surface area contributed by atoms with E-state index in [1.807, 2.05) is 12.1 Å². The van der Waals surface area contributed by atoms with Crippen LogP contribution in [0.15, 0.2) is 60.7 Å². The van der Waals surface area contributed by atoms with Crippen molar-refractivity contribution in [3.8, 4) is 0 Å². The van der Waals surface area contributed by atoms with Crippen LogP contribution in [0.1, 0.15) is 24.0 Å². The lowest BCUT2D eigenvalue weighted by molar-refractivity contribution is -0.134. The summed E-state index contributed by atoms with van der Waals surface area (Å²) in [6, 6.07) is 16.3. The van der Waals surface area contributed by atoms with Crippen molar-refractivity contribution in [1.82, 2.24) is 4.90 Å². The number of nitrogens with zero attached hydrogens (tertiary/aromatic N) is 2. The highest BCUT2D eigenvalue weighted by molar-refractivity contribution is 5.89. The van der Waals surface area contributed by atoms with Crippen molar-refractivity contribution < 1.29 is 24.2 Å². The molecule has 1 fully saturated rings. The number of hydrogen-bond donors (Lipinski definition) is 2. The third kappa shape index (κ3) is 8.60. The highest BCUT2D eigenvalue weighted by Crippen LogP contribution is 2.23. The van der Waals surface area contributed by atoms with Gasteiger partial charge in [0.1, 0.15) is 5.82 Å². The van der Waals surface area contributed by atoms with Gasteiger partial charge in [-0.2, -0.15) is 0 Å². The molecule has 0 atom stereocenters. The first-order valence-electron chi connectivity index (χ1n) is 10.1. The molecule has 166 valence electrons. The van der Waals surface area contributed by atoms with Crippen molar-refractivity contribution in [1.29, 1.82) is 0 Å². The molecule has 6 nitrogen and oxygen atoms in total. The summed E-state index contributed by atoms with van der Waals surface area (Å²) in [4.78, 5) is 24.0. The molecule has 3 rings (SSSR count). The summed E-state index contributed by atoms with van der Waals surface area (Å²) in [6.07, 6.45) is 3.46. The average molecular weight is 429 g/mol. The van der Waals surface area contributed by atoms with Crippen molar-refractivity contribution in [2.45, 2.75) is 32.4 Å². The summed E-state index contributed by atoms with van der Waals surface area (Å²) >= 11 is 0. The second kappa shape index (κ2) is 11.9. The van der Waals surface area contributed by atoms with Gasteiger partial charge in [-0.05, 0) is 56.6 Å². The van der Waals surface area contributed by atoms with Crippen LogP contribution in [0.3, 0.4) is 0 Å². The molecular formula is C24H29FN2O4. The van der Waals surface area contributed by atoms with Crippen molar-refractivity contribution in [3.05, 3.63) is 77.6 Å². The minimum absolute atomic E-state index is 0.164. The number of carbonyl (C=O) groups is 2. The first kappa shape index (κ1) is 24.1. The Balaban J connectivity index is 0.000000366. The number of aryl methyl sites for hydroxylation is 1. The monoisotopic (exact) mass is 428 g/mol. The highest BCUT2D eigenvalue weighted by Gasteiger charge is 2.22. The zero-order chi connectivity index (χ0) is 22.8. The molecule has 1 aliphatic rings. The standard InChI is InChI=1S/C20H25FN2.C4H4O4/c1-16-3-9-20(10-4-16)23-13-11-19(12-14-23)22(2)15-17-5-7-18(21)8-6-17;5-3(6)1-2-4(7)8/h3-10,19H,11-15H2,1-2H3;1-2H,(H,5,6)(H,7,8)/b;2-1+. The number of hydrogen-bond acceptors (Lipinski definition) is 4. The van der Waals surface area contributed by atoms with Gasteiger partial charge in [0.2, 0.25) is 0 Å². The third-order valence-corrected chi connectivity index (χ3v) is 5.20. The Labute approximate surface area is 182 Å². The molecule has 0 unspecified atom stereocenters. The molecule has 31 heavy (non-hydrogen) atoms. The molecule has 0 amide bonds. The van der Waals surface area contributed by atoms with Gasteiger partial charge in [-0.25, -0.2) is 14.0 Å². The maximum atomic E-state index is 13.0. The topological polar surface area (TPSA) is 81.1 Å². The molecule has 0 spiro atoms. The average Bonchev–Trinajstić information content (AvgIpc) is 2.75. The van der Waals surface area contributed by atoms with Crippen molar-refractivity contribution in [3.63, 3.8) is 0 Å². The fraction of sp³-hybridized carbons (Fsp3) is 0.333. The van der Waals surface area contributed by atoms with Gasteiger partial charge in [-0.15, -0.1) is 0 Å². The van der Waals surface area contributed by atoms with Gasteiger partial charge < -0.3 is 15.1 Å². The summed E-state index contributed by atoms with van der Waals surface area (Å²) in [5.41, 5.74) is 3.81. The quantitative estimate of drug-likeness (QED) is 0.678. The lowest BCUT2D eigenvalue weighted by atomic mass is 10.0. The third-order valence-electron chi connectivity index (χ3n) is 5.20. The van der Waals surface area contributed by atoms with E-state index in [0.29, 0.717) is 18.2 Å². The first-order valence-corrected chi connectivity index (χ1v) is 10.1. The Morgan fingerprint density at radius 1 is 1.00 bits per heavy atom. The van der Waals surface area contributed by atoms with Gasteiger partial charge in [0.25, 0.3) is 0 Å². The molecule has 0 radical (unpaired) electrons. The van der Waals surface area contributed by atoms with E-state index in [0.717, 1.165) is 19.6 Å². The zero-order valence-electron chi connectivity index (χ0n) is 17.9. The number of piperidine rings is 1. The summed E-state index contributed by atoms with van der Waals surface area (Å²) in [6.45, 7) is 5.21. The van der Waals surface area contributed by atoms with E-state index in [1.165, 1.54) is 29.7 Å². The number of rotatable bonds is 6. The van der Waals surface area contributed by atoms with Crippen LogP contribution in [-0.2, 0) is 16.1 Å². The molecule has 0 aromatic heterocycles. The van der Waals surface area contributed by atoms with Crippen molar-refractivity contribution in [2.75, 3.05) is 25.0 Å². The maximum Gasteiger partial charge on any atom is 0.328 e. The number of benzene rings is 2. The summed E-state index contributed by atoms with van der Waals surface area (Å²) in [7, 11) is 2.18. The van der Waals surface area contributed by atoms with Crippen LogP contribution in [-0.4, -0.2) is 53.2 Å². The molecular weight excluding hydrogens is 399 g/mol. The van der Waals surface area contributed by atoms with E-state index in [9.17, 15) is 14.0 Å². The van der Waals surface area contributed by atoms with E-state index in [2.05, 4.69) is 48.0 Å². The maximum absolute atomic E-state index is 13.0. The summed E-state index contributed by atoms with van der Waals surface area (Å²) in [5, 5.41) is 15.6. The van der Waals surface area contributed by atoms with Crippen LogP contribution >= 0.6 is 0 Å². The Morgan fingerprint density at radius 3 is 2.00 bits per heavy atom. The highest BCUT2D eigenvalue weighted by atomic mass is 19.1. The molecule has 2 N–H and O–H groups in total. The van der Waals surface area contributed by atoms with Crippen LogP contribution in [0.5, 0.6) is 0 Å². The van der Waals surface area contributed by atoms with Crippen LogP contribution in [0.2, 0.25) is 0 Å². The number of anilines is 1. The molecule has 2 aromatic rings. The Kier molecular flexibility index (Phi) is 9.21. The predicted octanol–water partition coefficient (Wildman–Crippen LogP) is 3.95.